The quantitative estimate of drug-likeness (QED) is 0.819. The van der Waals surface area contributed by atoms with Crippen LogP contribution >= 0.6 is 15.9 Å². The van der Waals surface area contributed by atoms with Crippen LogP contribution in [0.3, 0.4) is 0 Å². The summed E-state index contributed by atoms with van der Waals surface area (Å²) in [5, 5.41) is 2.77. The Morgan fingerprint density at radius 2 is 1.79 bits per heavy atom. The van der Waals surface area contributed by atoms with E-state index in [1.165, 1.54) is 4.90 Å². The van der Waals surface area contributed by atoms with Crippen LogP contribution in [0.1, 0.15) is 17.3 Å². The molecule has 0 bridgehead atoms. The second-order valence-electron chi connectivity index (χ2n) is 5.15. The van der Waals surface area contributed by atoms with Gasteiger partial charge in [-0.1, -0.05) is 12.1 Å². The summed E-state index contributed by atoms with van der Waals surface area (Å²) in [4.78, 5) is 25.8. The first-order valence-corrected chi connectivity index (χ1v) is 8.33. The van der Waals surface area contributed by atoms with E-state index < -0.39 is 0 Å². The Bertz CT molecular complexity index is 716. The molecule has 0 aliphatic rings. The van der Waals surface area contributed by atoms with Crippen molar-refractivity contribution in [3.8, 4) is 5.75 Å². The number of nitrogens with zero attached hydrogens (tertiary/aromatic N) is 1. The molecule has 0 saturated heterocycles. The molecule has 0 atom stereocenters. The lowest BCUT2D eigenvalue weighted by Crippen LogP contribution is -2.34. The summed E-state index contributed by atoms with van der Waals surface area (Å²) >= 11 is 3.37. The first-order valence-electron chi connectivity index (χ1n) is 7.54. The Morgan fingerprint density at radius 1 is 1.12 bits per heavy atom. The Kier molecular flexibility index (Phi) is 6.37. The third-order valence-corrected chi connectivity index (χ3v) is 3.98. The highest BCUT2D eigenvalue weighted by Gasteiger charge is 2.15. The highest BCUT2D eigenvalue weighted by atomic mass is 79.9. The van der Waals surface area contributed by atoms with Gasteiger partial charge in [0.2, 0.25) is 5.91 Å². The third-order valence-electron chi connectivity index (χ3n) is 3.29. The molecule has 0 aromatic heterocycles. The number of likely N-dealkylation sites (N-methyl/N-ethyl adjacent to an activating group) is 1. The van der Waals surface area contributed by atoms with E-state index in [2.05, 4.69) is 21.2 Å². The van der Waals surface area contributed by atoms with Crippen molar-refractivity contribution in [3.63, 3.8) is 0 Å². The number of amides is 2. The lowest BCUT2D eigenvalue weighted by molar-refractivity contribution is -0.116. The summed E-state index contributed by atoms with van der Waals surface area (Å²) in [6.07, 6.45) is 0. The third kappa shape index (κ3) is 4.83. The number of halogens is 1. The molecule has 0 spiro atoms. The minimum atomic E-state index is -0.260. The zero-order chi connectivity index (χ0) is 17.5. The minimum Gasteiger partial charge on any atom is -0.494 e. The zero-order valence-electron chi connectivity index (χ0n) is 13.6. The summed E-state index contributed by atoms with van der Waals surface area (Å²) in [6.45, 7) is 2.44. The fourth-order valence-electron chi connectivity index (χ4n) is 2.12. The van der Waals surface area contributed by atoms with Crippen LogP contribution in [0.4, 0.5) is 5.69 Å². The van der Waals surface area contributed by atoms with Crippen LogP contribution in [0.2, 0.25) is 0 Å². The van der Waals surface area contributed by atoms with Crippen LogP contribution in [0.5, 0.6) is 5.75 Å². The molecule has 0 heterocycles. The Morgan fingerprint density at radius 3 is 2.42 bits per heavy atom. The fraction of sp³-hybridized carbons (Fsp3) is 0.222. The molecule has 0 aliphatic carbocycles. The maximum Gasteiger partial charge on any atom is 0.254 e. The van der Waals surface area contributed by atoms with Crippen molar-refractivity contribution >= 4 is 33.4 Å². The lowest BCUT2D eigenvalue weighted by atomic mass is 10.2. The van der Waals surface area contributed by atoms with Crippen LogP contribution in [0.25, 0.3) is 0 Å². The Hall–Kier alpha value is -2.34. The molecular formula is C18H19BrN2O3. The van der Waals surface area contributed by atoms with E-state index in [4.69, 9.17) is 4.74 Å². The molecule has 2 rings (SSSR count). The SMILES string of the molecule is CCOc1ccc(C(=O)N(C)CC(=O)Nc2ccccc2Br)cc1. The van der Waals surface area contributed by atoms with Crippen molar-refractivity contribution in [1.82, 2.24) is 4.90 Å². The normalized spacial score (nSPS) is 10.1. The van der Waals surface area contributed by atoms with Crippen molar-refractivity contribution in [2.45, 2.75) is 6.92 Å². The molecule has 2 amide bonds. The number of carbonyl (C=O) groups excluding carboxylic acids is 2. The standard InChI is InChI=1S/C18H19BrN2O3/c1-3-24-14-10-8-13(9-11-14)18(23)21(2)12-17(22)20-16-7-5-4-6-15(16)19/h4-11H,3,12H2,1-2H3,(H,20,22). The minimum absolute atomic E-state index is 0.0343. The van der Waals surface area contributed by atoms with E-state index >= 15 is 0 Å². The summed E-state index contributed by atoms with van der Waals surface area (Å²) in [5.41, 5.74) is 1.18. The number of rotatable bonds is 6. The molecule has 24 heavy (non-hydrogen) atoms. The average molecular weight is 391 g/mol. The molecule has 2 aromatic carbocycles. The summed E-state index contributed by atoms with van der Waals surface area (Å²) < 4.78 is 6.14. The predicted octanol–water partition coefficient (Wildman–Crippen LogP) is 3.56. The van der Waals surface area contributed by atoms with Gasteiger partial charge in [0, 0.05) is 17.1 Å². The van der Waals surface area contributed by atoms with Crippen molar-refractivity contribution in [2.24, 2.45) is 0 Å². The van der Waals surface area contributed by atoms with Gasteiger partial charge in [0.25, 0.3) is 5.91 Å². The number of carbonyl (C=O) groups is 2. The molecule has 126 valence electrons. The second-order valence-corrected chi connectivity index (χ2v) is 6.00. The Labute approximate surface area is 149 Å². The summed E-state index contributed by atoms with van der Waals surface area (Å²) in [5.74, 6) is 0.229. The number of hydrogen-bond acceptors (Lipinski definition) is 3. The zero-order valence-corrected chi connectivity index (χ0v) is 15.2. The Balaban J connectivity index is 1.95. The van der Waals surface area contributed by atoms with E-state index in [0.717, 1.165) is 4.47 Å². The number of hydrogen-bond donors (Lipinski definition) is 1. The smallest absolute Gasteiger partial charge is 0.254 e. The van der Waals surface area contributed by atoms with Gasteiger partial charge >= 0.3 is 0 Å². The molecule has 0 fully saturated rings. The molecule has 0 saturated carbocycles. The molecule has 2 aromatic rings. The number of anilines is 1. The number of nitrogens with one attached hydrogen (secondary N) is 1. The van der Waals surface area contributed by atoms with Crippen molar-refractivity contribution < 1.29 is 14.3 Å². The summed E-state index contributed by atoms with van der Waals surface area (Å²) in [7, 11) is 1.60. The van der Waals surface area contributed by atoms with Crippen LogP contribution in [-0.2, 0) is 4.79 Å². The first kappa shape index (κ1) is 18.0. The monoisotopic (exact) mass is 390 g/mol. The topological polar surface area (TPSA) is 58.6 Å². The number of para-hydroxylation sites is 1. The highest BCUT2D eigenvalue weighted by molar-refractivity contribution is 9.10. The van der Waals surface area contributed by atoms with Gasteiger partial charge in [0.05, 0.1) is 18.8 Å². The van der Waals surface area contributed by atoms with Gasteiger partial charge in [0.1, 0.15) is 5.75 Å². The molecule has 1 N–H and O–H groups in total. The lowest BCUT2D eigenvalue weighted by Gasteiger charge is -2.17. The van der Waals surface area contributed by atoms with Gasteiger partial charge in [0.15, 0.2) is 0 Å². The molecule has 5 nitrogen and oxygen atoms in total. The van der Waals surface area contributed by atoms with E-state index in [0.29, 0.717) is 23.6 Å². The molecule has 0 radical (unpaired) electrons. The summed E-state index contributed by atoms with van der Waals surface area (Å²) in [6, 6.07) is 14.2. The van der Waals surface area contributed by atoms with Gasteiger partial charge in [-0.25, -0.2) is 0 Å². The second kappa shape index (κ2) is 8.49. The van der Waals surface area contributed by atoms with E-state index in [-0.39, 0.29) is 18.4 Å². The van der Waals surface area contributed by atoms with Crippen molar-refractivity contribution in [2.75, 3.05) is 25.5 Å². The van der Waals surface area contributed by atoms with Crippen LogP contribution in [0, 0.1) is 0 Å². The maximum atomic E-state index is 12.4. The van der Waals surface area contributed by atoms with Gasteiger partial charge in [-0.2, -0.15) is 0 Å². The van der Waals surface area contributed by atoms with E-state index in [9.17, 15) is 9.59 Å². The van der Waals surface area contributed by atoms with Gasteiger partial charge in [-0.15, -0.1) is 0 Å². The van der Waals surface area contributed by atoms with Crippen LogP contribution in [0.15, 0.2) is 53.0 Å². The van der Waals surface area contributed by atoms with E-state index in [1.54, 1.807) is 37.4 Å². The van der Waals surface area contributed by atoms with Gasteiger partial charge in [-0.05, 0) is 59.3 Å². The van der Waals surface area contributed by atoms with Gasteiger partial charge in [-0.3, -0.25) is 9.59 Å². The molecule has 0 aliphatic heterocycles. The largest absolute Gasteiger partial charge is 0.494 e. The molecule has 0 unspecified atom stereocenters. The van der Waals surface area contributed by atoms with Crippen molar-refractivity contribution in [3.05, 3.63) is 58.6 Å². The highest BCUT2D eigenvalue weighted by Crippen LogP contribution is 2.21. The van der Waals surface area contributed by atoms with Crippen LogP contribution in [-0.4, -0.2) is 36.9 Å². The van der Waals surface area contributed by atoms with Gasteiger partial charge < -0.3 is 15.0 Å². The fourth-order valence-corrected chi connectivity index (χ4v) is 2.50. The number of ether oxygens (including phenoxy) is 1. The van der Waals surface area contributed by atoms with Crippen LogP contribution < -0.4 is 10.1 Å². The number of benzene rings is 2. The molecular weight excluding hydrogens is 372 g/mol. The molecule has 6 heteroatoms. The van der Waals surface area contributed by atoms with Crippen molar-refractivity contribution in [1.29, 1.82) is 0 Å². The first-order chi connectivity index (χ1) is 11.5. The predicted molar refractivity (Wildman–Crippen MR) is 97.3 cm³/mol. The van der Waals surface area contributed by atoms with E-state index in [1.807, 2.05) is 25.1 Å². The average Bonchev–Trinajstić information content (AvgIpc) is 2.57. The maximum absolute atomic E-state index is 12.4.